The van der Waals surface area contributed by atoms with E-state index >= 15 is 0 Å². The zero-order valence-corrected chi connectivity index (χ0v) is 14.3. The van der Waals surface area contributed by atoms with Gasteiger partial charge in [-0.3, -0.25) is 9.80 Å². The van der Waals surface area contributed by atoms with Gasteiger partial charge in [0.15, 0.2) is 0 Å². The minimum atomic E-state index is 0.364. The Morgan fingerprint density at radius 2 is 2.04 bits per heavy atom. The molecule has 0 bridgehead atoms. The molecule has 2 aliphatic rings. The number of aryl methyl sites for hydroxylation is 1. The number of piperazine rings is 1. The highest BCUT2D eigenvalue weighted by atomic mass is 16.5. The maximum Gasteiger partial charge on any atom is 0.122 e. The van der Waals surface area contributed by atoms with Gasteiger partial charge in [0.2, 0.25) is 0 Å². The summed E-state index contributed by atoms with van der Waals surface area (Å²) < 4.78 is 8.28. The molecule has 4 rings (SSSR count). The van der Waals surface area contributed by atoms with E-state index in [2.05, 4.69) is 56.7 Å². The van der Waals surface area contributed by atoms with Gasteiger partial charge in [0.1, 0.15) is 5.82 Å². The van der Waals surface area contributed by atoms with Crippen LogP contribution in [0.25, 0.3) is 0 Å². The van der Waals surface area contributed by atoms with Gasteiger partial charge in [0, 0.05) is 51.7 Å². The van der Waals surface area contributed by atoms with Crippen molar-refractivity contribution < 1.29 is 4.74 Å². The predicted molar refractivity (Wildman–Crippen MR) is 93.5 cm³/mol. The highest BCUT2D eigenvalue weighted by Gasteiger charge is 2.36. The van der Waals surface area contributed by atoms with Crippen LogP contribution in [0.2, 0.25) is 0 Å². The molecular weight excluding hydrogens is 300 g/mol. The first-order valence-electron chi connectivity index (χ1n) is 8.86. The normalized spacial score (nSPS) is 25.0. The molecule has 0 amide bonds. The fraction of sp³-hybridized carbons (Fsp3) is 0.526. The van der Waals surface area contributed by atoms with E-state index in [4.69, 9.17) is 4.74 Å². The lowest BCUT2D eigenvalue weighted by molar-refractivity contribution is 0.0457. The summed E-state index contributed by atoms with van der Waals surface area (Å²) >= 11 is 0. The van der Waals surface area contributed by atoms with Gasteiger partial charge in [-0.25, -0.2) is 4.98 Å². The Hall–Kier alpha value is -1.69. The van der Waals surface area contributed by atoms with Gasteiger partial charge in [0.25, 0.3) is 0 Å². The number of hydrogen-bond donors (Lipinski definition) is 0. The van der Waals surface area contributed by atoms with E-state index in [1.807, 2.05) is 12.4 Å². The molecule has 0 unspecified atom stereocenters. The largest absolute Gasteiger partial charge is 0.372 e. The fourth-order valence-electron chi connectivity index (χ4n) is 3.86. The first kappa shape index (κ1) is 15.8. The molecule has 2 atom stereocenters. The first-order valence-corrected chi connectivity index (χ1v) is 8.86. The van der Waals surface area contributed by atoms with Crippen LogP contribution in [0.1, 0.15) is 17.8 Å². The molecule has 0 aliphatic carbocycles. The maximum atomic E-state index is 6.16. The van der Waals surface area contributed by atoms with Crippen molar-refractivity contribution in [3.63, 3.8) is 0 Å². The van der Waals surface area contributed by atoms with Crippen LogP contribution in [0.3, 0.4) is 0 Å². The third kappa shape index (κ3) is 3.53. The summed E-state index contributed by atoms with van der Waals surface area (Å²) in [4.78, 5) is 9.59. The molecule has 2 fully saturated rings. The van der Waals surface area contributed by atoms with Gasteiger partial charge >= 0.3 is 0 Å². The second-order valence-electron chi connectivity index (χ2n) is 6.99. The van der Waals surface area contributed by atoms with Crippen LogP contribution in [-0.2, 0) is 24.9 Å². The van der Waals surface area contributed by atoms with E-state index in [1.165, 1.54) is 5.56 Å². The lowest BCUT2D eigenvalue weighted by Crippen LogP contribution is -2.49. The Bertz CT molecular complexity index is 656. The fourth-order valence-corrected chi connectivity index (χ4v) is 3.86. The highest BCUT2D eigenvalue weighted by Crippen LogP contribution is 2.25. The van der Waals surface area contributed by atoms with Crippen molar-refractivity contribution in [1.29, 1.82) is 0 Å². The summed E-state index contributed by atoms with van der Waals surface area (Å²) in [5.41, 5.74) is 1.26. The Balaban J connectivity index is 1.28. The van der Waals surface area contributed by atoms with E-state index in [1.54, 1.807) is 0 Å². The van der Waals surface area contributed by atoms with Crippen LogP contribution in [-0.4, -0.2) is 57.7 Å². The number of rotatable bonds is 5. The van der Waals surface area contributed by atoms with Crippen LogP contribution in [0, 0.1) is 0 Å². The van der Waals surface area contributed by atoms with Crippen LogP contribution in [0.5, 0.6) is 0 Å². The molecule has 0 radical (unpaired) electrons. The molecule has 128 valence electrons. The van der Waals surface area contributed by atoms with Gasteiger partial charge in [-0.1, -0.05) is 30.3 Å². The molecule has 24 heavy (non-hydrogen) atoms. The monoisotopic (exact) mass is 326 g/mol. The maximum absolute atomic E-state index is 6.16. The minimum absolute atomic E-state index is 0.364. The number of hydrogen-bond acceptors (Lipinski definition) is 4. The zero-order valence-electron chi connectivity index (χ0n) is 14.3. The van der Waals surface area contributed by atoms with Crippen molar-refractivity contribution in [3.8, 4) is 0 Å². The molecule has 5 nitrogen and oxygen atoms in total. The van der Waals surface area contributed by atoms with E-state index < -0.39 is 0 Å². The third-order valence-electron chi connectivity index (χ3n) is 5.28. The smallest absolute Gasteiger partial charge is 0.122 e. The summed E-state index contributed by atoms with van der Waals surface area (Å²) in [6, 6.07) is 11.1. The minimum Gasteiger partial charge on any atom is -0.372 e. The van der Waals surface area contributed by atoms with Crippen LogP contribution in [0.15, 0.2) is 42.7 Å². The van der Waals surface area contributed by atoms with Crippen molar-refractivity contribution in [1.82, 2.24) is 19.4 Å². The summed E-state index contributed by atoms with van der Waals surface area (Å²) in [5.74, 6) is 1.15. The molecule has 0 saturated carbocycles. The molecule has 1 aromatic carbocycles. The molecule has 0 spiro atoms. The van der Waals surface area contributed by atoms with Gasteiger partial charge < -0.3 is 9.30 Å². The number of benzene rings is 1. The SMILES string of the molecule is Cn1ccnc1CN1CCN2C[C@H](OCc3ccccc3)C[C@H]2C1. The predicted octanol–water partition coefficient (Wildman–Crippen LogP) is 1.90. The summed E-state index contributed by atoms with van der Waals surface area (Å²) in [6.45, 7) is 6.13. The lowest BCUT2D eigenvalue weighted by atomic mass is 10.1. The zero-order chi connectivity index (χ0) is 16.4. The van der Waals surface area contributed by atoms with Crippen molar-refractivity contribution >= 4 is 0 Å². The number of fused-ring (bicyclic) bond motifs is 1. The van der Waals surface area contributed by atoms with E-state index in [0.29, 0.717) is 12.1 Å². The lowest BCUT2D eigenvalue weighted by Gasteiger charge is -2.36. The van der Waals surface area contributed by atoms with Crippen molar-refractivity contribution in [2.24, 2.45) is 7.05 Å². The standard InChI is InChI=1S/C19H26N4O/c1-21-8-7-20-19(21)14-22-9-10-23-13-18(11-17(23)12-22)24-15-16-5-3-2-4-6-16/h2-8,17-18H,9-15H2,1H3/t17-,18+/m0/s1. The second-order valence-corrected chi connectivity index (χ2v) is 6.99. The Morgan fingerprint density at radius 1 is 1.17 bits per heavy atom. The molecule has 5 heteroatoms. The quantitative estimate of drug-likeness (QED) is 0.840. The second kappa shape index (κ2) is 7.05. The van der Waals surface area contributed by atoms with E-state index in [9.17, 15) is 0 Å². The number of aromatic nitrogens is 2. The van der Waals surface area contributed by atoms with Gasteiger partial charge in [-0.2, -0.15) is 0 Å². The van der Waals surface area contributed by atoms with Crippen molar-refractivity contribution in [2.75, 3.05) is 26.2 Å². The van der Waals surface area contributed by atoms with E-state index in [-0.39, 0.29) is 0 Å². The molecule has 3 heterocycles. The first-order chi connectivity index (χ1) is 11.8. The molecule has 0 N–H and O–H groups in total. The van der Waals surface area contributed by atoms with Gasteiger partial charge in [-0.15, -0.1) is 0 Å². The number of nitrogens with zero attached hydrogens (tertiary/aromatic N) is 4. The van der Waals surface area contributed by atoms with Crippen LogP contribution >= 0.6 is 0 Å². The average Bonchev–Trinajstić information content (AvgIpc) is 3.20. The van der Waals surface area contributed by atoms with Crippen molar-refractivity contribution in [2.45, 2.75) is 31.7 Å². The van der Waals surface area contributed by atoms with E-state index in [0.717, 1.165) is 51.6 Å². The number of imidazole rings is 1. The molecule has 2 saturated heterocycles. The van der Waals surface area contributed by atoms with Crippen molar-refractivity contribution in [3.05, 3.63) is 54.1 Å². The molecular formula is C19H26N4O. The number of ether oxygens (including phenoxy) is 1. The summed E-state index contributed by atoms with van der Waals surface area (Å²) in [5, 5.41) is 0. The molecule has 1 aromatic heterocycles. The Labute approximate surface area is 143 Å². The average molecular weight is 326 g/mol. The summed E-state index contributed by atoms with van der Waals surface area (Å²) in [7, 11) is 2.07. The Morgan fingerprint density at radius 3 is 2.83 bits per heavy atom. The topological polar surface area (TPSA) is 33.5 Å². The molecule has 2 aliphatic heterocycles. The highest BCUT2D eigenvalue weighted by molar-refractivity contribution is 5.13. The van der Waals surface area contributed by atoms with Crippen LogP contribution < -0.4 is 0 Å². The van der Waals surface area contributed by atoms with Gasteiger partial charge in [0.05, 0.1) is 19.3 Å². The Kier molecular flexibility index (Phi) is 4.65. The van der Waals surface area contributed by atoms with Gasteiger partial charge in [-0.05, 0) is 12.0 Å². The molecule has 2 aromatic rings. The summed E-state index contributed by atoms with van der Waals surface area (Å²) in [6.07, 6.45) is 5.41. The third-order valence-corrected chi connectivity index (χ3v) is 5.28. The van der Waals surface area contributed by atoms with Crippen LogP contribution in [0.4, 0.5) is 0 Å².